The van der Waals surface area contributed by atoms with Crippen molar-refractivity contribution < 1.29 is 9.84 Å². The average Bonchev–Trinajstić information content (AvgIpc) is 2.65. The molecule has 18 heavy (non-hydrogen) atoms. The molecule has 0 unspecified atom stereocenters. The van der Waals surface area contributed by atoms with E-state index in [2.05, 4.69) is 44.3 Å². The maximum atomic E-state index is 9.19. The second-order valence-corrected chi connectivity index (χ2v) is 5.61. The van der Waals surface area contributed by atoms with E-state index in [1.807, 2.05) is 0 Å². The van der Waals surface area contributed by atoms with Crippen molar-refractivity contribution in [3.63, 3.8) is 0 Å². The molecule has 0 bridgehead atoms. The number of hydrogen-bond acceptors (Lipinski definition) is 3. The Hall–Kier alpha value is -1.06. The van der Waals surface area contributed by atoms with Gasteiger partial charge in [0.15, 0.2) is 0 Å². The van der Waals surface area contributed by atoms with Gasteiger partial charge in [-0.25, -0.2) is 0 Å². The van der Waals surface area contributed by atoms with Gasteiger partial charge in [0.1, 0.15) is 11.4 Å². The molecule has 1 aliphatic rings. The molecule has 3 heteroatoms. The molecule has 0 aromatic heterocycles. The molecule has 0 fully saturated rings. The number of benzene rings is 1. The first kappa shape index (κ1) is 13.4. The van der Waals surface area contributed by atoms with Gasteiger partial charge in [0, 0.05) is 24.6 Å². The summed E-state index contributed by atoms with van der Waals surface area (Å²) in [5.41, 5.74) is 2.38. The lowest BCUT2D eigenvalue weighted by Gasteiger charge is -2.19. The fraction of sp³-hybridized carbons (Fsp3) is 0.600. The van der Waals surface area contributed by atoms with Crippen LogP contribution in [0.1, 0.15) is 38.3 Å². The zero-order valence-electron chi connectivity index (χ0n) is 11.5. The highest BCUT2D eigenvalue weighted by atomic mass is 16.5. The lowest BCUT2D eigenvalue weighted by molar-refractivity contribution is 0.137. The fourth-order valence-electron chi connectivity index (χ4n) is 2.41. The predicted molar refractivity (Wildman–Crippen MR) is 72.9 cm³/mol. The monoisotopic (exact) mass is 249 g/mol. The smallest absolute Gasteiger partial charge is 0.127 e. The third-order valence-electron chi connectivity index (χ3n) is 3.47. The minimum absolute atomic E-state index is 0.0976. The third-order valence-corrected chi connectivity index (χ3v) is 3.47. The molecule has 1 atom stereocenters. The van der Waals surface area contributed by atoms with Crippen molar-refractivity contribution in [3.05, 3.63) is 29.3 Å². The second kappa shape index (κ2) is 5.29. The summed E-state index contributed by atoms with van der Waals surface area (Å²) < 4.78 is 6.02. The Bertz CT molecular complexity index is 411. The highest BCUT2D eigenvalue weighted by molar-refractivity contribution is 5.45. The molecule has 1 aromatic carbocycles. The summed E-state index contributed by atoms with van der Waals surface area (Å²) in [4.78, 5) is 0. The van der Waals surface area contributed by atoms with Crippen LogP contribution in [0.4, 0.5) is 0 Å². The third kappa shape index (κ3) is 2.85. The number of ether oxygens (including phenoxy) is 1. The molecule has 1 aromatic rings. The first-order chi connectivity index (χ1) is 8.55. The molecule has 0 amide bonds. The summed E-state index contributed by atoms with van der Waals surface area (Å²) in [5.74, 6) is 1.03. The van der Waals surface area contributed by atoms with Gasteiger partial charge in [-0.1, -0.05) is 25.1 Å². The summed E-state index contributed by atoms with van der Waals surface area (Å²) >= 11 is 0. The molecule has 0 spiro atoms. The van der Waals surface area contributed by atoms with Gasteiger partial charge in [-0.2, -0.15) is 0 Å². The molecular formula is C15H23NO2. The van der Waals surface area contributed by atoms with Crippen LogP contribution in [0.3, 0.4) is 0 Å². The largest absolute Gasteiger partial charge is 0.487 e. The van der Waals surface area contributed by atoms with Crippen LogP contribution in [0, 0.1) is 0 Å². The van der Waals surface area contributed by atoms with Gasteiger partial charge < -0.3 is 15.2 Å². The maximum Gasteiger partial charge on any atom is 0.127 e. The van der Waals surface area contributed by atoms with Crippen LogP contribution in [-0.4, -0.2) is 23.4 Å². The van der Waals surface area contributed by atoms with Crippen molar-refractivity contribution in [2.45, 2.75) is 51.8 Å². The summed E-state index contributed by atoms with van der Waals surface area (Å²) in [6.07, 6.45) is 1.89. The Morgan fingerprint density at radius 2 is 2.22 bits per heavy atom. The van der Waals surface area contributed by atoms with Crippen LogP contribution < -0.4 is 10.1 Å². The number of aliphatic hydroxyl groups excluding tert-OH is 1. The van der Waals surface area contributed by atoms with Crippen molar-refractivity contribution in [1.82, 2.24) is 5.32 Å². The average molecular weight is 249 g/mol. The van der Waals surface area contributed by atoms with E-state index >= 15 is 0 Å². The summed E-state index contributed by atoms with van der Waals surface area (Å²) in [6, 6.07) is 6.48. The lowest BCUT2D eigenvalue weighted by Crippen LogP contribution is -2.31. The number of rotatable bonds is 5. The normalized spacial score (nSPS) is 18.2. The number of fused-ring (bicyclic) bond motifs is 1. The van der Waals surface area contributed by atoms with E-state index in [4.69, 9.17) is 4.74 Å². The highest BCUT2D eigenvalue weighted by Crippen LogP contribution is 2.37. The summed E-state index contributed by atoms with van der Waals surface area (Å²) in [6.45, 7) is 7.23. The Kier molecular flexibility index (Phi) is 3.93. The predicted octanol–water partition coefficient (Wildman–Crippen LogP) is 2.26. The number of hydrogen-bond donors (Lipinski definition) is 2. The molecule has 0 saturated heterocycles. The van der Waals surface area contributed by atoms with Crippen molar-refractivity contribution in [2.75, 3.05) is 6.61 Å². The van der Waals surface area contributed by atoms with Crippen molar-refractivity contribution in [1.29, 1.82) is 0 Å². The topological polar surface area (TPSA) is 41.5 Å². The molecule has 2 N–H and O–H groups in total. The van der Waals surface area contributed by atoms with Gasteiger partial charge >= 0.3 is 0 Å². The molecule has 1 heterocycles. The number of nitrogens with one attached hydrogen (secondary N) is 1. The minimum Gasteiger partial charge on any atom is -0.487 e. The van der Waals surface area contributed by atoms with Crippen molar-refractivity contribution in [2.24, 2.45) is 0 Å². The van der Waals surface area contributed by atoms with Crippen molar-refractivity contribution >= 4 is 0 Å². The zero-order valence-corrected chi connectivity index (χ0v) is 11.5. The van der Waals surface area contributed by atoms with E-state index in [9.17, 15) is 5.11 Å². The standard InChI is InChI=1S/C15H23NO2/c1-4-13(10-17)16-9-12-7-5-6-11-8-15(2,3)18-14(11)12/h5-7,13,16-17H,4,8-10H2,1-3H3/t13-/m1/s1. The number of aliphatic hydroxyl groups is 1. The quantitative estimate of drug-likeness (QED) is 0.841. The molecular weight excluding hydrogens is 226 g/mol. The summed E-state index contributed by atoms with van der Waals surface area (Å²) in [7, 11) is 0. The van der Waals surface area contributed by atoms with E-state index in [1.165, 1.54) is 11.1 Å². The Morgan fingerprint density at radius 3 is 2.89 bits per heavy atom. The zero-order chi connectivity index (χ0) is 13.2. The molecule has 1 aliphatic heterocycles. The Labute approximate surface area is 109 Å². The van der Waals surface area contributed by atoms with Gasteiger partial charge in [0.05, 0.1) is 6.61 Å². The molecule has 0 saturated carbocycles. The number of para-hydroxylation sites is 1. The molecule has 3 nitrogen and oxygen atoms in total. The van der Waals surface area contributed by atoms with Crippen LogP contribution >= 0.6 is 0 Å². The van der Waals surface area contributed by atoms with E-state index < -0.39 is 0 Å². The van der Waals surface area contributed by atoms with E-state index in [0.717, 1.165) is 25.1 Å². The minimum atomic E-state index is -0.0976. The molecule has 0 radical (unpaired) electrons. The Balaban J connectivity index is 2.10. The second-order valence-electron chi connectivity index (χ2n) is 5.61. The van der Waals surface area contributed by atoms with E-state index in [-0.39, 0.29) is 18.2 Å². The van der Waals surface area contributed by atoms with Crippen LogP contribution in [-0.2, 0) is 13.0 Å². The SMILES string of the molecule is CC[C@H](CO)NCc1cccc2c1OC(C)(C)C2. The van der Waals surface area contributed by atoms with Crippen LogP contribution in [0.15, 0.2) is 18.2 Å². The molecule has 0 aliphatic carbocycles. The van der Waals surface area contributed by atoms with Gasteiger partial charge in [-0.3, -0.25) is 0 Å². The first-order valence-corrected chi connectivity index (χ1v) is 6.69. The lowest BCUT2D eigenvalue weighted by atomic mass is 10.0. The van der Waals surface area contributed by atoms with Gasteiger partial charge in [-0.05, 0) is 25.8 Å². The van der Waals surface area contributed by atoms with Gasteiger partial charge in [-0.15, -0.1) is 0 Å². The first-order valence-electron chi connectivity index (χ1n) is 6.69. The van der Waals surface area contributed by atoms with Gasteiger partial charge in [0.2, 0.25) is 0 Å². The van der Waals surface area contributed by atoms with Crippen LogP contribution in [0.5, 0.6) is 5.75 Å². The van der Waals surface area contributed by atoms with Crippen molar-refractivity contribution in [3.8, 4) is 5.75 Å². The van der Waals surface area contributed by atoms with E-state index in [0.29, 0.717) is 0 Å². The fourth-order valence-corrected chi connectivity index (χ4v) is 2.41. The summed E-state index contributed by atoms with van der Waals surface area (Å²) in [5, 5.41) is 12.5. The maximum absolute atomic E-state index is 9.19. The highest BCUT2D eigenvalue weighted by Gasteiger charge is 2.31. The molecule has 2 rings (SSSR count). The van der Waals surface area contributed by atoms with E-state index in [1.54, 1.807) is 0 Å². The molecule has 100 valence electrons. The van der Waals surface area contributed by atoms with Crippen LogP contribution in [0.2, 0.25) is 0 Å². The Morgan fingerprint density at radius 1 is 1.44 bits per heavy atom. The van der Waals surface area contributed by atoms with Crippen LogP contribution in [0.25, 0.3) is 0 Å². The van der Waals surface area contributed by atoms with Gasteiger partial charge in [0.25, 0.3) is 0 Å².